The summed E-state index contributed by atoms with van der Waals surface area (Å²) in [6, 6.07) is -0.302. The summed E-state index contributed by atoms with van der Waals surface area (Å²) in [6.07, 6.45) is 5.73. The Morgan fingerprint density at radius 1 is 1.00 bits per heavy atom. The molecule has 0 spiro atoms. The number of carbonyl (C=O) groups excluding carboxylic acids is 2. The van der Waals surface area contributed by atoms with Gasteiger partial charge in [-0.2, -0.15) is 0 Å². The first-order valence-electron chi connectivity index (χ1n) is 6.87. The van der Waals surface area contributed by atoms with E-state index in [2.05, 4.69) is 0 Å². The Morgan fingerprint density at radius 2 is 1.67 bits per heavy atom. The van der Waals surface area contributed by atoms with E-state index < -0.39 is 0 Å². The number of amides is 2. The fourth-order valence-electron chi connectivity index (χ4n) is 2.85. The number of piperidine rings is 2. The van der Waals surface area contributed by atoms with Gasteiger partial charge < -0.3 is 9.64 Å². The maximum absolute atomic E-state index is 12.5. The number of hydrogen-bond acceptors (Lipinski definition) is 3. The minimum Gasteiger partial charge on any atom is -0.453 e. The molecule has 102 valence electrons. The summed E-state index contributed by atoms with van der Waals surface area (Å²) in [5.41, 5.74) is 0. The first kappa shape index (κ1) is 13.2. The molecule has 0 N–H and O–H groups in total. The van der Waals surface area contributed by atoms with Gasteiger partial charge in [-0.3, -0.25) is 9.69 Å². The van der Waals surface area contributed by atoms with Crippen LogP contribution in [0.4, 0.5) is 4.79 Å². The van der Waals surface area contributed by atoms with Gasteiger partial charge in [-0.15, -0.1) is 0 Å². The molecule has 0 aromatic carbocycles. The molecule has 2 fully saturated rings. The first-order valence-corrected chi connectivity index (χ1v) is 6.87. The van der Waals surface area contributed by atoms with Crippen molar-refractivity contribution >= 4 is 12.0 Å². The van der Waals surface area contributed by atoms with E-state index in [4.69, 9.17) is 4.74 Å². The van der Waals surface area contributed by atoms with Gasteiger partial charge in [-0.1, -0.05) is 0 Å². The van der Waals surface area contributed by atoms with E-state index in [1.54, 1.807) is 4.90 Å². The van der Waals surface area contributed by atoms with E-state index in [0.29, 0.717) is 6.54 Å². The van der Waals surface area contributed by atoms with E-state index in [0.717, 1.165) is 45.2 Å². The lowest BCUT2D eigenvalue weighted by Crippen LogP contribution is -2.53. The van der Waals surface area contributed by atoms with Crippen LogP contribution in [-0.2, 0) is 9.53 Å². The van der Waals surface area contributed by atoms with Crippen molar-refractivity contribution in [2.24, 2.45) is 0 Å². The Kier molecular flexibility index (Phi) is 4.44. The lowest BCUT2D eigenvalue weighted by molar-refractivity contribution is -0.138. The summed E-state index contributed by atoms with van der Waals surface area (Å²) in [5.74, 6) is 0.111. The molecule has 2 saturated heterocycles. The highest BCUT2D eigenvalue weighted by Crippen LogP contribution is 2.21. The molecule has 2 rings (SSSR count). The smallest absolute Gasteiger partial charge is 0.410 e. The van der Waals surface area contributed by atoms with Crippen molar-refractivity contribution in [3.63, 3.8) is 0 Å². The highest BCUT2D eigenvalue weighted by atomic mass is 16.5. The fourth-order valence-corrected chi connectivity index (χ4v) is 2.85. The molecule has 0 aromatic rings. The third-order valence-corrected chi connectivity index (χ3v) is 3.86. The molecule has 18 heavy (non-hydrogen) atoms. The highest BCUT2D eigenvalue weighted by molar-refractivity contribution is 5.86. The zero-order valence-electron chi connectivity index (χ0n) is 11.1. The van der Waals surface area contributed by atoms with Crippen LogP contribution in [0.5, 0.6) is 0 Å². The third kappa shape index (κ3) is 2.76. The summed E-state index contributed by atoms with van der Waals surface area (Å²) < 4.78 is 4.77. The second kappa shape index (κ2) is 6.07. The molecule has 0 saturated carbocycles. The van der Waals surface area contributed by atoms with Gasteiger partial charge in [-0.25, -0.2) is 4.79 Å². The largest absolute Gasteiger partial charge is 0.453 e. The maximum Gasteiger partial charge on any atom is 0.410 e. The van der Waals surface area contributed by atoms with Gasteiger partial charge in [0.05, 0.1) is 7.11 Å². The lowest BCUT2D eigenvalue weighted by Gasteiger charge is -2.37. The van der Waals surface area contributed by atoms with Crippen molar-refractivity contribution < 1.29 is 14.3 Å². The van der Waals surface area contributed by atoms with Gasteiger partial charge >= 0.3 is 6.09 Å². The predicted octanol–water partition coefficient (Wildman–Crippen LogP) is 1.62. The van der Waals surface area contributed by atoms with Crippen molar-refractivity contribution in [3.05, 3.63) is 0 Å². The molecular weight excluding hydrogens is 232 g/mol. The van der Waals surface area contributed by atoms with Crippen LogP contribution in [0.15, 0.2) is 0 Å². The van der Waals surface area contributed by atoms with E-state index in [1.807, 2.05) is 4.90 Å². The maximum atomic E-state index is 12.5. The predicted molar refractivity (Wildman–Crippen MR) is 67.2 cm³/mol. The van der Waals surface area contributed by atoms with E-state index in [-0.39, 0.29) is 18.0 Å². The number of rotatable bonds is 1. The normalized spacial score (nSPS) is 24.8. The average molecular weight is 254 g/mol. The fraction of sp³-hybridized carbons (Fsp3) is 0.846. The molecule has 0 bridgehead atoms. The number of likely N-dealkylation sites (tertiary alicyclic amines) is 2. The summed E-state index contributed by atoms with van der Waals surface area (Å²) in [7, 11) is 1.37. The summed E-state index contributed by atoms with van der Waals surface area (Å²) >= 11 is 0. The highest BCUT2D eigenvalue weighted by Gasteiger charge is 2.35. The van der Waals surface area contributed by atoms with Crippen LogP contribution < -0.4 is 0 Å². The molecule has 0 aliphatic carbocycles. The lowest BCUT2D eigenvalue weighted by atomic mass is 10.00. The molecule has 5 nitrogen and oxygen atoms in total. The Morgan fingerprint density at radius 3 is 2.33 bits per heavy atom. The number of hydrogen-bond donors (Lipinski definition) is 0. The quantitative estimate of drug-likeness (QED) is 0.714. The SMILES string of the molecule is COC(=O)N1CCCC[C@@H]1C(=O)N1CCCCC1. The van der Waals surface area contributed by atoms with Crippen molar-refractivity contribution in [3.8, 4) is 0 Å². The Labute approximate surface area is 108 Å². The number of ether oxygens (including phenoxy) is 1. The summed E-state index contributed by atoms with van der Waals surface area (Å²) in [5, 5.41) is 0. The number of nitrogens with zero attached hydrogens (tertiary/aromatic N) is 2. The van der Waals surface area contributed by atoms with Gasteiger partial charge in [0.15, 0.2) is 0 Å². The van der Waals surface area contributed by atoms with Gasteiger partial charge in [0.25, 0.3) is 0 Å². The molecule has 0 aromatic heterocycles. The van der Waals surface area contributed by atoms with Crippen LogP contribution in [0.1, 0.15) is 38.5 Å². The van der Waals surface area contributed by atoms with Crippen LogP contribution in [0.3, 0.4) is 0 Å². The molecule has 1 atom stereocenters. The minimum atomic E-state index is -0.370. The van der Waals surface area contributed by atoms with Crippen LogP contribution in [0.25, 0.3) is 0 Å². The Hall–Kier alpha value is -1.26. The molecule has 2 amide bonds. The number of methoxy groups -OCH3 is 1. The molecular formula is C13H22N2O3. The summed E-state index contributed by atoms with van der Waals surface area (Å²) in [4.78, 5) is 27.7. The van der Waals surface area contributed by atoms with Crippen molar-refractivity contribution in [2.75, 3.05) is 26.7 Å². The van der Waals surface area contributed by atoms with Crippen LogP contribution >= 0.6 is 0 Å². The van der Waals surface area contributed by atoms with Gasteiger partial charge in [0.2, 0.25) is 5.91 Å². The van der Waals surface area contributed by atoms with Crippen LogP contribution in [0.2, 0.25) is 0 Å². The van der Waals surface area contributed by atoms with E-state index >= 15 is 0 Å². The molecule has 0 radical (unpaired) electrons. The number of carbonyl (C=O) groups is 2. The molecule has 2 aliphatic heterocycles. The van der Waals surface area contributed by atoms with Gasteiger partial charge in [0, 0.05) is 19.6 Å². The van der Waals surface area contributed by atoms with Crippen LogP contribution in [0, 0.1) is 0 Å². The minimum absolute atomic E-state index is 0.111. The van der Waals surface area contributed by atoms with Crippen molar-refractivity contribution in [1.82, 2.24) is 9.80 Å². The second-order valence-corrected chi connectivity index (χ2v) is 5.06. The molecule has 2 aliphatic rings. The first-order chi connectivity index (χ1) is 8.74. The van der Waals surface area contributed by atoms with E-state index in [9.17, 15) is 9.59 Å². The topological polar surface area (TPSA) is 49.9 Å². The summed E-state index contributed by atoms with van der Waals surface area (Å²) in [6.45, 7) is 2.31. The standard InChI is InChI=1S/C13H22N2O3/c1-18-13(17)15-10-6-3-7-11(15)12(16)14-8-4-2-5-9-14/h11H,2-10H2,1H3/t11-/m1/s1. The Balaban J connectivity index is 2.03. The monoisotopic (exact) mass is 254 g/mol. The van der Waals surface area contributed by atoms with Crippen LogP contribution in [-0.4, -0.2) is 54.6 Å². The molecule has 0 unspecified atom stereocenters. The second-order valence-electron chi connectivity index (χ2n) is 5.06. The van der Waals surface area contributed by atoms with E-state index in [1.165, 1.54) is 13.5 Å². The van der Waals surface area contributed by atoms with Gasteiger partial charge in [-0.05, 0) is 38.5 Å². The van der Waals surface area contributed by atoms with Gasteiger partial charge in [0.1, 0.15) is 6.04 Å². The third-order valence-electron chi connectivity index (χ3n) is 3.86. The average Bonchev–Trinajstić information content (AvgIpc) is 2.46. The molecule has 5 heteroatoms. The van der Waals surface area contributed by atoms with Crippen molar-refractivity contribution in [2.45, 2.75) is 44.6 Å². The molecule has 2 heterocycles. The zero-order valence-corrected chi connectivity index (χ0v) is 11.1. The Bertz CT molecular complexity index is 313. The zero-order chi connectivity index (χ0) is 13.0. The van der Waals surface area contributed by atoms with Crippen molar-refractivity contribution in [1.29, 1.82) is 0 Å².